The van der Waals surface area contributed by atoms with Gasteiger partial charge in [0.25, 0.3) is 0 Å². The Kier molecular flexibility index (Phi) is 10.1. The first-order valence-electron chi connectivity index (χ1n) is 17.9. The summed E-state index contributed by atoms with van der Waals surface area (Å²) in [6, 6.07) is 11.3. The van der Waals surface area contributed by atoms with Gasteiger partial charge in [0.2, 0.25) is 12.2 Å². The summed E-state index contributed by atoms with van der Waals surface area (Å²) in [6.45, 7) is 11.8. The summed E-state index contributed by atoms with van der Waals surface area (Å²) in [5.41, 5.74) is -2.28. The van der Waals surface area contributed by atoms with E-state index < -0.39 is 77.0 Å². The molecule has 1 fully saturated rings. The Balaban J connectivity index is 1.27. The zero-order chi connectivity index (χ0) is 39.4. The second-order valence-corrected chi connectivity index (χ2v) is 16.2. The molecule has 1 N–H and O–H groups in total. The molecule has 54 heavy (non-hydrogen) atoms. The topological polar surface area (TPSA) is 173 Å². The lowest BCUT2D eigenvalue weighted by atomic mass is 9.50. The van der Waals surface area contributed by atoms with Gasteiger partial charge in [-0.1, -0.05) is 36.4 Å². The molecule has 0 aromatic heterocycles. The van der Waals surface area contributed by atoms with E-state index in [0.29, 0.717) is 30.5 Å². The number of hydrogen-bond acceptors (Lipinski definition) is 14. The molecule has 0 radical (unpaired) electrons. The van der Waals surface area contributed by atoms with E-state index in [2.05, 4.69) is 4.90 Å². The predicted octanol–water partition coefficient (Wildman–Crippen LogP) is 4.77. The van der Waals surface area contributed by atoms with Gasteiger partial charge in [0.1, 0.15) is 17.0 Å². The summed E-state index contributed by atoms with van der Waals surface area (Å²) in [4.78, 5) is 67.5. The van der Waals surface area contributed by atoms with Gasteiger partial charge >= 0.3 is 30.0 Å². The van der Waals surface area contributed by atoms with Crippen LogP contribution in [0, 0.1) is 0 Å². The number of esters is 4. The highest BCUT2D eigenvalue weighted by molar-refractivity contribution is 5.87. The van der Waals surface area contributed by atoms with Crippen molar-refractivity contribution in [1.82, 2.24) is 4.90 Å². The van der Waals surface area contributed by atoms with Gasteiger partial charge in [-0.25, -0.2) is 14.4 Å². The van der Waals surface area contributed by atoms with Crippen LogP contribution in [-0.4, -0.2) is 88.7 Å². The van der Waals surface area contributed by atoms with Crippen molar-refractivity contribution in [3.8, 4) is 11.5 Å². The monoisotopic (exact) mass is 749 g/mol. The van der Waals surface area contributed by atoms with Gasteiger partial charge < -0.3 is 43.2 Å². The summed E-state index contributed by atoms with van der Waals surface area (Å²) < 4.78 is 39.8. The molecule has 2 aromatic rings. The van der Waals surface area contributed by atoms with Gasteiger partial charge in [0, 0.05) is 30.5 Å². The average molecular weight is 750 g/mol. The van der Waals surface area contributed by atoms with Crippen LogP contribution in [0.25, 0.3) is 0 Å². The molecule has 0 amide bonds. The summed E-state index contributed by atoms with van der Waals surface area (Å²) in [7, 11) is 1.95. The second-order valence-electron chi connectivity index (χ2n) is 16.2. The van der Waals surface area contributed by atoms with Crippen LogP contribution in [0.5, 0.6) is 11.5 Å². The smallest absolute Gasteiger partial charge is 0.477 e. The molecule has 1 saturated heterocycles. The highest BCUT2D eigenvalue weighted by atomic mass is 16.7. The lowest BCUT2D eigenvalue weighted by Crippen LogP contribution is -2.74. The summed E-state index contributed by atoms with van der Waals surface area (Å²) in [5.74, 6) is -3.47. The Bertz CT molecular complexity index is 1880. The molecular weight excluding hydrogens is 702 g/mol. The Labute approximate surface area is 313 Å². The van der Waals surface area contributed by atoms with Crippen LogP contribution in [0.3, 0.4) is 0 Å². The quantitative estimate of drug-likeness (QED) is 0.211. The number of rotatable bonds is 9. The standard InChI is InChI=1S/C40H47NO13/c1-22(42)48-27(34(44)52-31(23-12-10-9-11-13-23)35(45)53-37(2,3)4)21-29(43)49-26-16-17-40(47)28-20-24-14-15-25(50-36(46)54-38(5,6)7)32-30(24)39(40,33(26)51-32)18-19-41(28)8/h9-16,27-28,31,33,47H,17-21H2,1-8H3/t27-,28+,31-,33-,39-,40+/m0/s1. The van der Waals surface area contributed by atoms with Gasteiger partial charge in [-0.15, -0.1) is 0 Å². The first kappa shape index (κ1) is 38.8. The molecule has 0 unspecified atom stereocenters. The maximum Gasteiger partial charge on any atom is 0.514 e. The SMILES string of the molecule is CC(=O)O[C@@H](CC(=O)OC1=CC[C@@]2(O)[C@H]3Cc4ccc(OC(=O)OC(C)(C)C)c5c4[C@@]2(CCN3C)[C@H]1O5)C(=O)O[C@H](C(=O)OC(C)(C)C)c1ccccc1. The normalized spacial score (nSPS) is 25.1. The van der Waals surface area contributed by atoms with Gasteiger partial charge in [0.05, 0.1) is 17.4 Å². The Hall–Kier alpha value is -4.95. The number of likely N-dealkylation sites (N-methyl/N-ethyl adjacent to an activating group) is 1. The van der Waals surface area contributed by atoms with Crippen molar-refractivity contribution in [2.24, 2.45) is 0 Å². The fourth-order valence-electron chi connectivity index (χ4n) is 7.99. The third-order valence-electron chi connectivity index (χ3n) is 10.0. The Morgan fingerprint density at radius 2 is 1.61 bits per heavy atom. The number of carbonyl (C=O) groups excluding carboxylic acids is 5. The third-order valence-corrected chi connectivity index (χ3v) is 10.0. The summed E-state index contributed by atoms with van der Waals surface area (Å²) in [5, 5.41) is 12.6. The number of carbonyl (C=O) groups is 5. The van der Waals surface area contributed by atoms with Crippen LogP contribution in [0.15, 0.2) is 54.3 Å². The van der Waals surface area contributed by atoms with E-state index in [-0.39, 0.29) is 29.7 Å². The van der Waals surface area contributed by atoms with Crippen LogP contribution < -0.4 is 9.47 Å². The fraction of sp³-hybridized carbons (Fsp3) is 0.525. The molecule has 2 aromatic carbocycles. The average Bonchev–Trinajstić information content (AvgIpc) is 3.42. The minimum Gasteiger partial charge on any atom is -0.477 e. The molecule has 2 bridgehead atoms. The van der Waals surface area contributed by atoms with Crippen LogP contribution >= 0.6 is 0 Å². The number of benzene rings is 2. The molecular formula is C40H47NO13. The van der Waals surface area contributed by atoms with Crippen LogP contribution in [-0.2, 0) is 54.7 Å². The second kappa shape index (κ2) is 14.0. The van der Waals surface area contributed by atoms with Crippen molar-refractivity contribution >= 4 is 30.0 Å². The van der Waals surface area contributed by atoms with E-state index >= 15 is 0 Å². The van der Waals surface area contributed by atoms with Gasteiger partial charge in [0.15, 0.2) is 17.6 Å². The molecule has 14 nitrogen and oxygen atoms in total. The van der Waals surface area contributed by atoms with Crippen LogP contribution in [0.4, 0.5) is 4.79 Å². The number of nitrogens with zero attached hydrogens (tertiary/aromatic N) is 1. The largest absolute Gasteiger partial charge is 0.514 e. The van der Waals surface area contributed by atoms with Gasteiger partial charge in [-0.05, 0) is 85.7 Å². The molecule has 2 aliphatic heterocycles. The maximum atomic E-state index is 13.7. The highest BCUT2D eigenvalue weighted by Crippen LogP contribution is 2.65. The Morgan fingerprint density at radius 3 is 2.26 bits per heavy atom. The fourth-order valence-corrected chi connectivity index (χ4v) is 7.99. The zero-order valence-corrected chi connectivity index (χ0v) is 31.8. The molecule has 14 heteroatoms. The predicted molar refractivity (Wildman–Crippen MR) is 189 cm³/mol. The zero-order valence-electron chi connectivity index (χ0n) is 31.8. The molecule has 2 aliphatic carbocycles. The van der Waals surface area contributed by atoms with Crippen LogP contribution in [0.1, 0.15) is 90.5 Å². The van der Waals surface area contributed by atoms with Crippen molar-refractivity contribution in [3.63, 3.8) is 0 Å². The van der Waals surface area contributed by atoms with E-state index in [4.69, 9.17) is 33.2 Å². The number of aliphatic hydroxyl groups is 1. The summed E-state index contributed by atoms with van der Waals surface area (Å²) in [6.07, 6.45) is -3.43. The lowest BCUT2D eigenvalue weighted by molar-refractivity contribution is -0.185. The number of ether oxygens (including phenoxy) is 7. The van der Waals surface area contributed by atoms with Gasteiger partial charge in [-0.2, -0.15) is 0 Å². The molecule has 0 saturated carbocycles. The summed E-state index contributed by atoms with van der Waals surface area (Å²) >= 11 is 0. The van der Waals surface area contributed by atoms with E-state index in [0.717, 1.165) is 12.5 Å². The van der Waals surface area contributed by atoms with Crippen molar-refractivity contribution in [2.45, 2.75) is 121 Å². The third kappa shape index (κ3) is 7.28. The highest BCUT2D eigenvalue weighted by Gasteiger charge is 2.72. The molecule has 6 rings (SSSR count). The maximum absolute atomic E-state index is 13.7. The number of piperidine rings is 1. The minimum atomic E-state index is -1.78. The number of likely N-dealkylation sites (tertiary alicyclic amines) is 1. The Morgan fingerprint density at radius 1 is 0.926 bits per heavy atom. The van der Waals surface area contributed by atoms with E-state index in [1.807, 2.05) is 13.1 Å². The minimum absolute atomic E-state index is 0.0751. The van der Waals surface area contributed by atoms with E-state index in [9.17, 15) is 29.1 Å². The van der Waals surface area contributed by atoms with Crippen molar-refractivity contribution in [3.05, 3.63) is 71.0 Å². The van der Waals surface area contributed by atoms with Gasteiger partial charge in [-0.3, -0.25) is 9.59 Å². The first-order chi connectivity index (χ1) is 25.2. The molecule has 4 aliphatic rings. The van der Waals surface area contributed by atoms with E-state index in [1.54, 1.807) is 84.0 Å². The van der Waals surface area contributed by atoms with Crippen molar-refractivity contribution < 1.29 is 62.2 Å². The molecule has 290 valence electrons. The lowest BCUT2D eigenvalue weighted by Gasteiger charge is -2.61. The molecule has 2 heterocycles. The van der Waals surface area contributed by atoms with Crippen molar-refractivity contribution in [2.75, 3.05) is 13.6 Å². The first-order valence-corrected chi connectivity index (χ1v) is 17.9. The molecule has 6 atom stereocenters. The number of hydrogen-bond donors (Lipinski definition) is 1. The van der Waals surface area contributed by atoms with E-state index in [1.165, 1.54) is 0 Å². The van der Waals surface area contributed by atoms with Crippen LogP contribution in [0.2, 0.25) is 0 Å². The molecule has 1 spiro atoms. The van der Waals surface area contributed by atoms with Crippen molar-refractivity contribution in [1.29, 1.82) is 0 Å².